The molecule has 0 aromatic heterocycles. The smallest absolute Gasteiger partial charge is 0.225 e. The molecule has 1 heterocycles. The van der Waals surface area contributed by atoms with Gasteiger partial charge in [-0.1, -0.05) is 31.5 Å². The van der Waals surface area contributed by atoms with Crippen LogP contribution in [-0.2, 0) is 4.79 Å². The van der Waals surface area contributed by atoms with Gasteiger partial charge in [0.1, 0.15) is 0 Å². The highest BCUT2D eigenvalue weighted by atomic mass is 16.2. The van der Waals surface area contributed by atoms with E-state index in [2.05, 4.69) is 18.7 Å². The Hall–Kier alpha value is -1.68. The fraction of sp³-hybridized carbons (Fsp3) is 0.600. The average Bonchev–Trinajstić information content (AvgIpc) is 2.58. The number of carbonyl (C=O) groups excluding carboxylic acids is 2. The molecule has 0 atom stereocenters. The first kappa shape index (κ1) is 18.7. The van der Waals surface area contributed by atoms with Gasteiger partial charge in [-0.3, -0.25) is 14.5 Å². The summed E-state index contributed by atoms with van der Waals surface area (Å²) in [5, 5.41) is 0. The van der Waals surface area contributed by atoms with Crippen LogP contribution in [0.2, 0.25) is 0 Å². The fourth-order valence-corrected chi connectivity index (χ4v) is 3.35. The van der Waals surface area contributed by atoms with E-state index in [4.69, 9.17) is 0 Å². The first-order valence-electron chi connectivity index (χ1n) is 9.07. The number of piperazine rings is 1. The number of Topliss-reactive ketones (excluding diaryl/α,β-unsaturated/α-hetero) is 1. The van der Waals surface area contributed by atoms with Crippen LogP contribution in [0.5, 0.6) is 0 Å². The van der Waals surface area contributed by atoms with Crippen LogP contribution in [0, 0.1) is 19.8 Å². The summed E-state index contributed by atoms with van der Waals surface area (Å²) >= 11 is 0. The molecule has 0 unspecified atom stereocenters. The zero-order chi connectivity index (χ0) is 17.7. The van der Waals surface area contributed by atoms with Gasteiger partial charge in [0.2, 0.25) is 5.91 Å². The lowest BCUT2D eigenvalue weighted by atomic mass is 10.0. The van der Waals surface area contributed by atoms with E-state index >= 15 is 0 Å². The lowest BCUT2D eigenvalue weighted by Crippen LogP contribution is -2.51. The normalized spacial score (nSPS) is 15.8. The Bertz CT molecular complexity index is 585. The number of nitrogens with zero attached hydrogens (tertiary/aromatic N) is 2. The quantitative estimate of drug-likeness (QED) is 0.753. The van der Waals surface area contributed by atoms with E-state index in [0.717, 1.165) is 55.7 Å². The summed E-state index contributed by atoms with van der Waals surface area (Å²) in [6.07, 6.45) is 1.81. The molecule has 1 aliphatic heterocycles. The molecular weight excluding hydrogens is 300 g/mol. The van der Waals surface area contributed by atoms with Crippen LogP contribution in [0.3, 0.4) is 0 Å². The molecule has 1 aliphatic rings. The van der Waals surface area contributed by atoms with Crippen molar-refractivity contribution in [2.24, 2.45) is 5.92 Å². The minimum atomic E-state index is 0.146. The minimum Gasteiger partial charge on any atom is -0.340 e. The second-order valence-corrected chi connectivity index (χ2v) is 6.86. The molecule has 0 aliphatic carbocycles. The van der Waals surface area contributed by atoms with Crippen molar-refractivity contribution in [3.05, 3.63) is 34.9 Å². The lowest BCUT2D eigenvalue weighted by Gasteiger charge is -2.36. The Morgan fingerprint density at radius 1 is 1.04 bits per heavy atom. The molecule has 1 saturated heterocycles. The van der Waals surface area contributed by atoms with Crippen molar-refractivity contribution in [3.63, 3.8) is 0 Å². The van der Waals surface area contributed by atoms with Crippen molar-refractivity contribution in [2.75, 3.05) is 32.7 Å². The monoisotopic (exact) mass is 330 g/mol. The molecule has 1 aromatic rings. The van der Waals surface area contributed by atoms with E-state index in [-0.39, 0.29) is 17.6 Å². The number of amides is 1. The zero-order valence-corrected chi connectivity index (χ0v) is 15.5. The number of benzene rings is 1. The van der Waals surface area contributed by atoms with Crippen LogP contribution < -0.4 is 0 Å². The average molecular weight is 330 g/mol. The van der Waals surface area contributed by atoms with E-state index in [1.807, 2.05) is 36.9 Å². The third-order valence-corrected chi connectivity index (χ3v) is 5.08. The molecule has 1 fully saturated rings. The van der Waals surface area contributed by atoms with Crippen LogP contribution in [0.1, 0.15) is 48.2 Å². The summed E-state index contributed by atoms with van der Waals surface area (Å²) in [5.74, 6) is 0.601. The van der Waals surface area contributed by atoms with Crippen LogP contribution >= 0.6 is 0 Å². The van der Waals surface area contributed by atoms with E-state index in [1.54, 1.807) is 0 Å². The predicted molar refractivity (Wildman–Crippen MR) is 97.3 cm³/mol. The van der Waals surface area contributed by atoms with Gasteiger partial charge in [-0.05, 0) is 38.3 Å². The molecule has 1 aromatic carbocycles. The number of carbonyl (C=O) groups is 2. The number of hydrogen-bond donors (Lipinski definition) is 0. The van der Waals surface area contributed by atoms with Gasteiger partial charge in [0, 0.05) is 37.7 Å². The number of rotatable bonds is 6. The van der Waals surface area contributed by atoms with Crippen molar-refractivity contribution < 1.29 is 9.59 Å². The third-order valence-electron chi connectivity index (χ3n) is 5.08. The van der Waals surface area contributed by atoms with Gasteiger partial charge in [0.15, 0.2) is 5.78 Å². The second-order valence-electron chi connectivity index (χ2n) is 6.86. The Labute approximate surface area is 145 Å². The standard InChI is InChI=1S/C20H30N2O2/c1-5-17(6-2)20(24)22-11-9-21(10-12-22)14-19(23)18-13-15(3)7-8-16(18)4/h7-8,13,17H,5-6,9-12,14H2,1-4H3. The number of ketones is 1. The maximum atomic E-state index is 12.6. The van der Waals surface area contributed by atoms with Crippen molar-refractivity contribution in [1.82, 2.24) is 9.80 Å². The van der Waals surface area contributed by atoms with Crippen LogP contribution in [0.25, 0.3) is 0 Å². The first-order chi connectivity index (χ1) is 11.5. The molecule has 0 bridgehead atoms. The van der Waals surface area contributed by atoms with Gasteiger partial charge in [-0.25, -0.2) is 0 Å². The summed E-state index contributed by atoms with van der Waals surface area (Å²) in [6.45, 7) is 11.6. The van der Waals surface area contributed by atoms with Gasteiger partial charge in [-0.15, -0.1) is 0 Å². The minimum absolute atomic E-state index is 0.146. The van der Waals surface area contributed by atoms with Gasteiger partial charge in [0.25, 0.3) is 0 Å². The number of aryl methyl sites for hydroxylation is 2. The first-order valence-corrected chi connectivity index (χ1v) is 9.07. The molecule has 24 heavy (non-hydrogen) atoms. The van der Waals surface area contributed by atoms with Gasteiger partial charge < -0.3 is 4.90 Å². The van der Waals surface area contributed by atoms with Gasteiger partial charge in [0.05, 0.1) is 6.54 Å². The molecule has 0 spiro atoms. The Morgan fingerprint density at radius 3 is 2.25 bits per heavy atom. The largest absolute Gasteiger partial charge is 0.340 e. The summed E-state index contributed by atoms with van der Waals surface area (Å²) in [6, 6.07) is 6.02. The van der Waals surface area contributed by atoms with Crippen molar-refractivity contribution >= 4 is 11.7 Å². The third kappa shape index (κ3) is 4.44. The zero-order valence-electron chi connectivity index (χ0n) is 15.5. The molecule has 132 valence electrons. The highest BCUT2D eigenvalue weighted by Gasteiger charge is 2.26. The molecule has 0 radical (unpaired) electrons. The maximum Gasteiger partial charge on any atom is 0.225 e. The lowest BCUT2D eigenvalue weighted by molar-refractivity contribution is -0.137. The Morgan fingerprint density at radius 2 is 1.67 bits per heavy atom. The summed E-state index contributed by atoms with van der Waals surface area (Å²) < 4.78 is 0. The van der Waals surface area contributed by atoms with E-state index < -0.39 is 0 Å². The van der Waals surface area contributed by atoms with E-state index in [1.165, 1.54) is 0 Å². The summed E-state index contributed by atoms with van der Waals surface area (Å²) in [7, 11) is 0. The van der Waals surface area contributed by atoms with E-state index in [0.29, 0.717) is 6.54 Å². The molecular formula is C20H30N2O2. The van der Waals surface area contributed by atoms with Crippen molar-refractivity contribution in [1.29, 1.82) is 0 Å². The van der Waals surface area contributed by atoms with E-state index in [9.17, 15) is 9.59 Å². The topological polar surface area (TPSA) is 40.6 Å². The molecule has 4 nitrogen and oxygen atoms in total. The number of hydrogen-bond acceptors (Lipinski definition) is 3. The highest BCUT2D eigenvalue weighted by molar-refractivity contribution is 5.99. The Kier molecular flexibility index (Phi) is 6.55. The molecule has 1 amide bonds. The van der Waals surface area contributed by atoms with Crippen molar-refractivity contribution in [2.45, 2.75) is 40.5 Å². The summed E-state index contributed by atoms with van der Waals surface area (Å²) in [5.41, 5.74) is 2.98. The van der Waals surface area contributed by atoms with Crippen LogP contribution in [0.4, 0.5) is 0 Å². The van der Waals surface area contributed by atoms with Crippen LogP contribution in [0.15, 0.2) is 18.2 Å². The van der Waals surface area contributed by atoms with Crippen molar-refractivity contribution in [3.8, 4) is 0 Å². The molecule has 0 N–H and O–H groups in total. The maximum absolute atomic E-state index is 12.6. The summed E-state index contributed by atoms with van der Waals surface area (Å²) in [4.78, 5) is 29.1. The van der Waals surface area contributed by atoms with Gasteiger partial charge >= 0.3 is 0 Å². The van der Waals surface area contributed by atoms with Gasteiger partial charge in [-0.2, -0.15) is 0 Å². The highest BCUT2D eigenvalue weighted by Crippen LogP contribution is 2.15. The van der Waals surface area contributed by atoms with Crippen LogP contribution in [-0.4, -0.2) is 54.2 Å². The SMILES string of the molecule is CCC(CC)C(=O)N1CCN(CC(=O)c2cc(C)ccc2C)CC1. The second kappa shape index (κ2) is 8.43. The fourth-order valence-electron chi connectivity index (χ4n) is 3.35. The Balaban J connectivity index is 1.90. The predicted octanol–water partition coefficient (Wildman–Crippen LogP) is 3.07. The molecule has 0 saturated carbocycles. The molecule has 4 heteroatoms. The molecule has 2 rings (SSSR count).